The average Bonchev–Trinajstić information content (AvgIpc) is 3.67. The van der Waals surface area contributed by atoms with Crippen LogP contribution in [0.2, 0.25) is 0 Å². The van der Waals surface area contributed by atoms with E-state index in [0.717, 1.165) is 5.69 Å². The van der Waals surface area contributed by atoms with Gasteiger partial charge in [0.25, 0.3) is 6.71 Å². The second-order valence-electron chi connectivity index (χ2n) is 23.5. The topological polar surface area (TPSA) is 6.48 Å². The molecule has 0 N–H and O–H groups in total. The van der Waals surface area contributed by atoms with Crippen LogP contribution in [0.3, 0.4) is 0 Å². The number of hydrogen-bond acceptors (Lipinski definition) is 2. The van der Waals surface area contributed by atoms with Crippen LogP contribution in [0, 0.1) is 6.92 Å². The predicted molar refractivity (Wildman–Crippen MR) is 304 cm³/mol. The van der Waals surface area contributed by atoms with Gasteiger partial charge in [-0.05, 0) is 155 Å². The summed E-state index contributed by atoms with van der Waals surface area (Å²) in [5.74, 6) is 0. The van der Waals surface area contributed by atoms with Crippen molar-refractivity contribution >= 4 is 57.2 Å². The van der Waals surface area contributed by atoms with Crippen LogP contribution in [0.25, 0.3) is 22.3 Å². The zero-order valence-corrected chi connectivity index (χ0v) is 43.0. The van der Waals surface area contributed by atoms with E-state index in [1.54, 1.807) is 0 Å². The highest BCUT2D eigenvalue weighted by Gasteiger charge is 2.47. The summed E-state index contributed by atoms with van der Waals surface area (Å²) in [5, 5.41) is 0. The molecule has 0 aromatic heterocycles. The third kappa shape index (κ3) is 6.98. The molecular weight excluding hydrogens is 856 g/mol. The number of rotatable bonds is 5. The van der Waals surface area contributed by atoms with Crippen molar-refractivity contribution in [1.29, 1.82) is 0 Å². The van der Waals surface area contributed by atoms with E-state index >= 15 is 0 Å². The first kappa shape index (κ1) is 44.8. The van der Waals surface area contributed by atoms with Gasteiger partial charge >= 0.3 is 0 Å². The minimum atomic E-state index is -0.456. The Morgan fingerprint density at radius 1 is 0.380 bits per heavy atom. The predicted octanol–water partition coefficient (Wildman–Crippen LogP) is 16.0. The lowest BCUT2D eigenvalue weighted by atomic mass is 9.33. The zero-order chi connectivity index (χ0) is 49.2. The lowest BCUT2D eigenvalue weighted by Gasteiger charge is -2.45. The van der Waals surface area contributed by atoms with Crippen molar-refractivity contribution in [3.8, 4) is 22.3 Å². The quantitative estimate of drug-likeness (QED) is 0.159. The van der Waals surface area contributed by atoms with E-state index in [4.69, 9.17) is 0 Å². The van der Waals surface area contributed by atoms with E-state index in [0.29, 0.717) is 0 Å². The van der Waals surface area contributed by atoms with Crippen molar-refractivity contribution in [3.05, 3.63) is 245 Å². The van der Waals surface area contributed by atoms with E-state index in [1.807, 2.05) is 0 Å². The Hall–Kier alpha value is -7.36. The van der Waals surface area contributed by atoms with Crippen LogP contribution in [0.4, 0.5) is 34.1 Å². The number of benzene rings is 9. The molecule has 3 heteroatoms. The van der Waals surface area contributed by atoms with Gasteiger partial charge in [-0.3, -0.25) is 0 Å². The Kier molecular flexibility index (Phi) is 10.2. The van der Waals surface area contributed by atoms with Gasteiger partial charge in [0.05, 0.1) is 5.41 Å². The molecule has 1 aliphatic carbocycles. The molecule has 2 heterocycles. The highest BCUT2D eigenvalue weighted by atomic mass is 15.2. The van der Waals surface area contributed by atoms with E-state index in [9.17, 15) is 0 Å². The first-order chi connectivity index (χ1) is 34.0. The lowest BCUT2D eigenvalue weighted by Crippen LogP contribution is -2.61. The van der Waals surface area contributed by atoms with Crippen molar-refractivity contribution in [2.75, 3.05) is 9.80 Å². The van der Waals surface area contributed by atoms with Gasteiger partial charge in [0.2, 0.25) is 0 Å². The van der Waals surface area contributed by atoms with Crippen LogP contribution in [0.5, 0.6) is 0 Å². The van der Waals surface area contributed by atoms with Gasteiger partial charge in [0, 0.05) is 34.1 Å². The molecule has 0 unspecified atom stereocenters. The summed E-state index contributed by atoms with van der Waals surface area (Å²) < 4.78 is 0. The molecule has 0 spiro atoms. The molecule has 348 valence electrons. The SMILES string of the molecule is Cc1cc2c3c(c1)N(c1ccc(-c4cccc5c4-c4ccccc4C5(c4ccccc4)c4ccccc4)cc1)c1cc(C(C)(C)C)ccc1B3c1cc(C(C)(C)C)ccc1N2c1ccc(C(C)(C)C)cc1. The van der Waals surface area contributed by atoms with E-state index < -0.39 is 5.41 Å². The number of hydrogen-bond donors (Lipinski definition) is 0. The Balaban J connectivity index is 1.07. The minimum absolute atomic E-state index is 0.0164. The molecule has 2 nitrogen and oxygen atoms in total. The van der Waals surface area contributed by atoms with E-state index in [-0.39, 0.29) is 23.0 Å². The second kappa shape index (κ2) is 16.1. The fourth-order valence-electron chi connectivity index (χ4n) is 12.3. The monoisotopic (exact) mass is 919 g/mol. The Morgan fingerprint density at radius 3 is 1.48 bits per heavy atom. The van der Waals surface area contributed by atoms with Gasteiger partial charge < -0.3 is 9.80 Å². The molecule has 3 aliphatic rings. The summed E-state index contributed by atoms with van der Waals surface area (Å²) in [5.41, 5.74) is 26.4. The minimum Gasteiger partial charge on any atom is -0.311 e. The maximum absolute atomic E-state index is 2.58. The van der Waals surface area contributed by atoms with Crippen LogP contribution in [0.15, 0.2) is 200 Å². The molecule has 0 amide bonds. The maximum Gasteiger partial charge on any atom is 0.252 e. The molecule has 9 aromatic carbocycles. The van der Waals surface area contributed by atoms with Gasteiger partial charge in [-0.25, -0.2) is 0 Å². The molecule has 0 saturated carbocycles. The Morgan fingerprint density at radius 2 is 0.873 bits per heavy atom. The Labute approximate surface area is 422 Å². The van der Waals surface area contributed by atoms with Gasteiger partial charge in [0.15, 0.2) is 0 Å². The van der Waals surface area contributed by atoms with Crippen molar-refractivity contribution in [2.24, 2.45) is 0 Å². The third-order valence-corrected chi connectivity index (χ3v) is 15.9. The third-order valence-electron chi connectivity index (χ3n) is 15.9. The Bertz CT molecular complexity index is 3490. The normalized spacial score (nSPS) is 14.4. The molecule has 0 fully saturated rings. The fourth-order valence-corrected chi connectivity index (χ4v) is 12.3. The average molecular weight is 919 g/mol. The van der Waals surface area contributed by atoms with Crippen LogP contribution in [0.1, 0.15) is 107 Å². The molecule has 0 bridgehead atoms. The van der Waals surface area contributed by atoms with Crippen LogP contribution in [-0.4, -0.2) is 6.71 Å². The van der Waals surface area contributed by atoms with Gasteiger partial charge in [0.1, 0.15) is 0 Å². The van der Waals surface area contributed by atoms with Gasteiger partial charge in [-0.2, -0.15) is 0 Å². The maximum atomic E-state index is 2.58. The van der Waals surface area contributed by atoms with Gasteiger partial charge in [-0.1, -0.05) is 214 Å². The zero-order valence-electron chi connectivity index (χ0n) is 43.0. The largest absolute Gasteiger partial charge is 0.311 e. The highest BCUT2D eigenvalue weighted by molar-refractivity contribution is 7.00. The number of aryl methyl sites for hydroxylation is 1. The standard InChI is InChI=1S/C68H63BN2/c1-44-40-61-64-62(41-44)71(51-34-28-45(29-35-51)53-25-19-27-56-63(53)54-24-17-18-26-55(54)68(56,47-20-13-11-14-21-47)48-22-15-12-16-23-48)60-43-50(67(8,9)10)32-38-57(60)69(64)58-42-49(66(5,6)7)33-39-59(58)70(61)52-36-30-46(31-37-52)65(2,3)4/h11-43H,1-10H3. The van der Waals surface area contributed by atoms with Crippen molar-refractivity contribution in [2.45, 2.75) is 90.9 Å². The molecule has 2 aliphatic heterocycles. The summed E-state index contributed by atoms with van der Waals surface area (Å²) in [6, 6.07) is 76.6. The smallest absolute Gasteiger partial charge is 0.252 e. The molecule has 0 atom stereocenters. The number of anilines is 6. The van der Waals surface area contributed by atoms with Crippen molar-refractivity contribution in [3.63, 3.8) is 0 Å². The van der Waals surface area contributed by atoms with Gasteiger partial charge in [-0.15, -0.1) is 0 Å². The molecule has 71 heavy (non-hydrogen) atoms. The fraction of sp³-hybridized carbons (Fsp3) is 0.206. The second-order valence-corrected chi connectivity index (χ2v) is 23.5. The molecule has 0 radical (unpaired) electrons. The van der Waals surface area contributed by atoms with Crippen molar-refractivity contribution in [1.82, 2.24) is 0 Å². The summed E-state index contributed by atoms with van der Waals surface area (Å²) in [6.45, 7) is 23.2. The highest BCUT2D eigenvalue weighted by Crippen LogP contribution is 2.58. The summed E-state index contributed by atoms with van der Waals surface area (Å²) >= 11 is 0. The summed E-state index contributed by atoms with van der Waals surface area (Å²) in [7, 11) is 0. The van der Waals surface area contributed by atoms with Crippen molar-refractivity contribution < 1.29 is 0 Å². The molecular formula is C68H63BN2. The van der Waals surface area contributed by atoms with E-state index in [2.05, 4.69) is 279 Å². The molecule has 0 saturated heterocycles. The van der Waals surface area contributed by atoms with E-state index in [1.165, 1.54) is 112 Å². The lowest BCUT2D eigenvalue weighted by molar-refractivity contribution is 0.590. The van der Waals surface area contributed by atoms with Crippen LogP contribution >= 0.6 is 0 Å². The van der Waals surface area contributed by atoms with Crippen LogP contribution < -0.4 is 26.2 Å². The summed E-state index contributed by atoms with van der Waals surface area (Å²) in [6.07, 6.45) is 0. The number of nitrogens with zero attached hydrogens (tertiary/aromatic N) is 2. The molecule has 9 aromatic rings. The van der Waals surface area contributed by atoms with Crippen LogP contribution in [-0.2, 0) is 21.7 Å². The first-order valence-corrected chi connectivity index (χ1v) is 25.6. The molecule has 12 rings (SSSR count). The first-order valence-electron chi connectivity index (χ1n) is 25.6. The summed E-state index contributed by atoms with van der Waals surface area (Å²) in [4.78, 5) is 5.13. The number of fused-ring (bicyclic) bond motifs is 7.